The monoisotopic (exact) mass is 490 g/mol. The van der Waals surface area contributed by atoms with Crippen LogP contribution in [0.25, 0.3) is 0 Å². The third-order valence-corrected chi connectivity index (χ3v) is 9.47. The molecular formula is C33H43FO2. The summed E-state index contributed by atoms with van der Waals surface area (Å²) in [5.41, 5.74) is 4.52. The topological polar surface area (TPSA) is 26.3 Å². The molecule has 0 N–H and O–H groups in total. The minimum Gasteiger partial charge on any atom is -0.423 e. The molecule has 2 nitrogen and oxygen atoms in total. The Kier molecular flexibility index (Phi) is 8.13. The zero-order chi connectivity index (χ0) is 25.1. The molecule has 5 rings (SSSR count). The second-order valence-corrected chi connectivity index (χ2v) is 12.0. The van der Waals surface area contributed by atoms with Crippen LogP contribution in [0.15, 0.2) is 36.4 Å². The maximum atomic E-state index is 15.5. The first-order valence-electron chi connectivity index (χ1n) is 14.6. The molecule has 2 saturated carbocycles. The number of rotatable bonds is 7. The third-order valence-electron chi connectivity index (χ3n) is 9.47. The van der Waals surface area contributed by atoms with E-state index in [1.54, 1.807) is 0 Å². The highest BCUT2D eigenvalue weighted by molar-refractivity contribution is 5.78. The molecule has 36 heavy (non-hydrogen) atoms. The summed E-state index contributed by atoms with van der Waals surface area (Å²) in [5.74, 6) is 1.49. The Morgan fingerprint density at radius 1 is 0.861 bits per heavy atom. The van der Waals surface area contributed by atoms with E-state index in [1.807, 2.05) is 12.1 Å². The van der Waals surface area contributed by atoms with Crippen molar-refractivity contribution in [1.29, 1.82) is 0 Å². The summed E-state index contributed by atoms with van der Waals surface area (Å²) in [5, 5.41) is 0. The molecule has 2 aliphatic carbocycles. The normalized spacial score (nSPS) is 28.4. The van der Waals surface area contributed by atoms with Gasteiger partial charge in [0.05, 0.1) is 5.92 Å². The lowest BCUT2D eigenvalue weighted by molar-refractivity contribution is -0.143. The fraction of sp³-hybridized carbons (Fsp3) is 0.606. The summed E-state index contributed by atoms with van der Waals surface area (Å²) < 4.78 is 21.2. The fourth-order valence-electron chi connectivity index (χ4n) is 7.01. The van der Waals surface area contributed by atoms with Crippen molar-refractivity contribution < 1.29 is 13.9 Å². The maximum absolute atomic E-state index is 15.5. The van der Waals surface area contributed by atoms with Gasteiger partial charge in [-0.2, -0.15) is 0 Å². The van der Waals surface area contributed by atoms with Crippen molar-refractivity contribution in [3.05, 3.63) is 64.5 Å². The molecule has 1 heterocycles. The van der Waals surface area contributed by atoms with E-state index in [0.717, 1.165) is 68.4 Å². The largest absolute Gasteiger partial charge is 0.423 e. The van der Waals surface area contributed by atoms with Gasteiger partial charge in [0.1, 0.15) is 0 Å². The zero-order valence-electron chi connectivity index (χ0n) is 22.2. The lowest BCUT2D eigenvalue weighted by atomic mass is 9.71. The SMILES string of the molecule is CCCCCc1ccc(C2CCC(C3Cc4ccc(C5CCC(C)CC5)c(F)c4OC3=O)CC2)cc1. The summed E-state index contributed by atoms with van der Waals surface area (Å²) in [6, 6.07) is 13.3. The van der Waals surface area contributed by atoms with Crippen LogP contribution in [0.2, 0.25) is 0 Å². The van der Waals surface area contributed by atoms with Crippen LogP contribution in [-0.4, -0.2) is 5.97 Å². The van der Waals surface area contributed by atoms with Gasteiger partial charge in [0, 0.05) is 0 Å². The van der Waals surface area contributed by atoms with Crippen LogP contribution in [0.4, 0.5) is 4.39 Å². The number of carbonyl (C=O) groups is 1. The van der Waals surface area contributed by atoms with Gasteiger partial charge in [-0.1, -0.05) is 75.9 Å². The number of unbranched alkanes of at least 4 members (excludes halogenated alkanes) is 2. The van der Waals surface area contributed by atoms with E-state index in [-0.39, 0.29) is 29.4 Å². The Hall–Kier alpha value is -2.16. The molecular weight excluding hydrogens is 447 g/mol. The van der Waals surface area contributed by atoms with Gasteiger partial charge in [-0.3, -0.25) is 4.79 Å². The van der Waals surface area contributed by atoms with Crippen molar-refractivity contribution in [3.8, 4) is 5.75 Å². The van der Waals surface area contributed by atoms with Gasteiger partial charge in [0.15, 0.2) is 11.6 Å². The van der Waals surface area contributed by atoms with Crippen molar-refractivity contribution in [2.45, 2.75) is 109 Å². The van der Waals surface area contributed by atoms with Crippen LogP contribution in [-0.2, 0) is 17.6 Å². The quantitative estimate of drug-likeness (QED) is 0.220. The van der Waals surface area contributed by atoms with E-state index < -0.39 is 0 Å². The molecule has 2 aromatic carbocycles. The first-order valence-corrected chi connectivity index (χ1v) is 14.6. The Labute approximate surface area is 217 Å². The van der Waals surface area contributed by atoms with Crippen molar-refractivity contribution in [3.63, 3.8) is 0 Å². The molecule has 0 radical (unpaired) electrons. The molecule has 3 heteroatoms. The molecule has 3 aliphatic rings. The second-order valence-electron chi connectivity index (χ2n) is 12.0. The molecule has 0 spiro atoms. The molecule has 0 aromatic heterocycles. The van der Waals surface area contributed by atoms with Gasteiger partial charge < -0.3 is 4.74 Å². The molecule has 194 valence electrons. The Balaban J connectivity index is 1.19. The van der Waals surface area contributed by atoms with Crippen molar-refractivity contribution in [1.82, 2.24) is 0 Å². The molecule has 1 aliphatic heterocycles. The number of hydrogen-bond donors (Lipinski definition) is 0. The molecule has 2 aromatic rings. The van der Waals surface area contributed by atoms with Gasteiger partial charge in [0.2, 0.25) is 0 Å². The summed E-state index contributed by atoms with van der Waals surface area (Å²) in [7, 11) is 0. The number of hydrogen-bond acceptors (Lipinski definition) is 2. The predicted octanol–water partition coefficient (Wildman–Crippen LogP) is 8.90. The zero-order valence-corrected chi connectivity index (χ0v) is 22.2. The average molecular weight is 491 g/mol. The van der Waals surface area contributed by atoms with Crippen LogP contribution >= 0.6 is 0 Å². The highest BCUT2D eigenvalue weighted by atomic mass is 19.1. The number of halogens is 1. The molecule has 1 atom stereocenters. The molecule has 0 saturated heterocycles. The molecule has 0 amide bonds. The van der Waals surface area contributed by atoms with E-state index in [4.69, 9.17) is 4.74 Å². The number of benzene rings is 2. The van der Waals surface area contributed by atoms with Gasteiger partial charge in [0.25, 0.3) is 0 Å². The van der Waals surface area contributed by atoms with Crippen molar-refractivity contribution in [2.24, 2.45) is 17.8 Å². The van der Waals surface area contributed by atoms with Crippen LogP contribution in [0.1, 0.15) is 119 Å². The number of esters is 1. The number of fused-ring (bicyclic) bond motifs is 1. The summed E-state index contributed by atoms with van der Waals surface area (Å²) in [6.45, 7) is 4.53. The minimum atomic E-state index is -0.277. The lowest BCUT2D eigenvalue weighted by Gasteiger charge is -2.35. The maximum Gasteiger partial charge on any atom is 0.315 e. The van der Waals surface area contributed by atoms with Crippen LogP contribution in [0.3, 0.4) is 0 Å². The van der Waals surface area contributed by atoms with E-state index in [0.29, 0.717) is 18.3 Å². The van der Waals surface area contributed by atoms with E-state index in [1.165, 1.54) is 36.8 Å². The summed E-state index contributed by atoms with van der Waals surface area (Å²) in [4.78, 5) is 13.0. The van der Waals surface area contributed by atoms with Crippen LogP contribution in [0, 0.1) is 23.6 Å². The minimum absolute atomic E-state index is 0.139. The highest BCUT2D eigenvalue weighted by Crippen LogP contribution is 2.45. The lowest BCUT2D eigenvalue weighted by Crippen LogP contribution is -2.35. The Bertz CT molecular complexity index is 1030. The van der Waals surface area contributed by atoms with E-state index >= 15 is 4.39 Å². The standard InChI is InChI=1S/C33H43FO2/c1-3-4-5-6-23-9-13-24(14-10-23)25-15-17-27(18-16-25)30-21-28-19-20-29(26-11-7-22(2)8-12-26)31(34)32(28)36-33(30)35/h9-10,13-14,19-20,22,25-27,30H,3-8,11-12,15-18,21H2,1-2H3. The molecule has 2 fully saturated rings. The molecule has 0 bridgehead atoms. The van der Waals surface area contributed by atoms with Crippen LogP contribution < -0.4 is 4.74 Å². The van der Waals surface area contributed by atoms with Gasteiger partial charge in [-0.15, -0.1) is 0 Å². The van der Waals surface area contributed by atoms with Crippen molar-refractivity contribution in [2.75, 3.05) is 0 Å². The van der Waals surface area contributed by atoms with E-state index in [2.05, 4.69) is 38.1 Å². The predicted molar refractivity (Wildman–Crippen MR) is 144 cm³/mol. The third kappa shape index (κ3) is 5.55. The first kappa shape index (κ1) is 25.5. The van der Waals surface area contributed by atoms with Gasteiger partial charge >= 0.3 is 5.97 Å². The van der Waals surface area contributed by atoms with Gasteiger partial charge in [-0.05, 0) is 104 Å². The number of carbonyl (C=O) groups excluding carboxylic acids is 1. The summed E-state index contributed by atoms with van der Waals surface area (Å²) in [6.07, 6.45) is 14.3. The fourth-order valence-corrected chi connectivity index (χ4v) is 7.01. The van der Waals surface area contributed by atoms with E-state index in [9.17, 15) is 4.79 Å². The second kappa shape index (κ2) is 11.5. The van der Waals surface area contributed by atoms with Crippen LogP contribution in [0.5, 0.6) is 5.75 Å². The van der Waals surface area contributed by atoms with Crippen molar-refractivity contribution >= 4 is 5.97 Å². The molecule has 1 unspecified atom stereocenters. The number of aryl methyl sites for hydroxylation is 1. The Morgan fingerprint density at radius 3 is 2.25 bits per heavy atom. The summed E-state index contributed by atoms with van der Waals surface area (Å²) >= 11 is 0. The average Bonchev–Trinajstić information content (AvgIpc) is 2.90. The highest BCUT2D eigenvalue weighted by Gasteiger charge is 2.39. The first-order chi connectivity index (χ1) is 17.5. The smallest absolute Gasteiger partial charge is 0.315 e. The Morgan fingerprint density at radius 2 is 1.56 bits per heavy atom. The van der Waals surface area contributed by atoms with Gasteiger partial charge in [-0.25, -0.2) is 4.39 Å². The number of ether oxygens (including phenoxy) is 1.